The first-order valence-corrected chi connectivity index (χ1v) is 7.86. The van der Waals surface area contributed by atoms with Crippen molar-refractivity contribution in [2.75, 3.05) is 27.7 Å². The van der Waals surface area contributed by atoms with E-state index >= 15 is 0 Å². The van der Waals surface area contributed by atoms with Crippen LogP contribution in [0.1, 0.15) is 41.0 Å². The van der Waals surface area contributed by atoms with E-state index in [9.17, 15) is 4.79 Å². The summed E-state index contributed by atoms with van der Waals surface area (Å²) in [5.41, 5.74) is -0.139. The van der Waals surface area contributed by atoms with Crippen molar-refractivity contribution >= 4 is 11.9 Å². The van der Waals surface area contributed by atoms with E-state index in [4.69, 9.17) is 4.74 Å². The van der Waals surface area contributed by atoms with Gasteiger partial charge < -0.3 is 20.3 Å². The molecule has 1 saturated carbocycles. The zero-order chi connectivity index (χ0) is 17.1. The van der Waals surface area contributed by atoms with Crippen molar-refractivity contribution in [1.29, 1.82) is 0 Å². The third-order valence-corrected chi connectivity index (χ3v) is 4.89. The standard InChI is InChI=1S/C16H32N4O2/c1-11(2)18-14(17-10-13(21)20(6)7)19-12-9-16(5,22-8)15(12,3)4/h11-12H,9-10H2,1-8H3,(H2,17,18,19). The fourth-order valence-electron chi connectivity index (χ4n) is 2.58. The van der Waals surface area contributed by atoms with Crippen LogP contribution < -0.4 is 10.6 Å². The average molecular weight is 312 g/mol. The van der Waals surface area contributed by atoms with Gasteiger partial charge in [-0.1, -0.05) is 13.8 Å². The van der Waals surface area contributed by atoms with E-state index < -0.39 is 0 Å². The first kappa shape index (κ1) is 18.7. The van der Waals surface area contributed by atoms with E-state index in [0.29, 0.717) is 5.96 Å². The molecule has 22 heavy (non-hydrogen) atoms. The van der Waals surface area contributed by atoms with E-state index in [2.05, 4.69) is 50.2 Å². The molecular formula is C16H32N4O2. The predicted octanol–water partition coefficient (Wildman–Crippen LogP) is 1.22. The van der Waals surface area contributed by atoms with Gasteiger partial charge >= 0.3 is 0 Å². The highest BCUT2D eigenvalue weighted by Gasteiger charge is 2.58. The van der Waals surface area contributed by atoms with Crippen molar-refractivity contribution in [2.45, 2.75) is 58.7 Å². The Bertz CT molecular complexity index is 432. The van der Waals surface area contributed by atoms with Gasteiger partial charge in [0, 0.05) is 38.7 Å². The van der Waals surface area contributed by atoms with E-state index in [0.717, 1.165) is 6.42 Å². The van der Waals surface area contributed by atoms with Crippen molar-refractivity contribution in [3.05, 3.63) is 0 Å². The van der Waals surface area contributed by atoms with Crippen LogP contribution in [0.25, 0.3) is 0 Å². The Kier molecular flexibility index (Phi) is 5.84. The molecule has 6 nitrogen and oxygen atoms in total. The zero-order valence-corrected chi connectivity index (χ0v) is 15.3. The van der Waals surface area contributed by atoms with Gasteiger partial charge in [0.1, 0.15) is 6.54 Å². The molecule has 2 unspecified atom stereocenters. The molecule has 1 aliphatic rings. The number of amides is 1. The summed E-state index contributed by atoms with van der Waals surface area (Å²) >= 11 is 0. The molecule has 0 aromatic carbocycles. The number of rotatable bonds is 5. The lowest BCUT2D eigenvalue weighted by atomic mass is 9.56. The Morgan fingerprint density at radius 1 is 1.36 bits per heavy atom. The fourth-order valence-corrected chi connectivity index (χ4v) is 2.58. The van der Waals surface area contributed by atoms with Gasteiger partial charge in [0.15, 0.2) is 5.96 Å². The molecule has 0 heterocycles. The second-order valence-electron chi connectivity index (χ2n) is 7.31. The van der Waals surface area contributed by atoms with Gasteiger partial charge in [0.05, 0.1) is 5.60 Å². The number of carbonyl (C=O) groups excluding carboxylic acids is 1. The number of ether oxygens (including phenoxy) is 1. The van der Waals surface area contributed by atoms with Gasteiger partial charge in [-0.25, -0.2) is 4.99 Å². The lowest BCUT2D eigenvalue weighted by molar-refractivity contribution is -0.176. The summed E-state index contributed by atoms with van der Waals surface area (Å²) in [6.07, 6.45) is 0.914. The normalized spacial score (nSPS) is 27.3. The van der Waals surface area contributed by atoms with Gasteiger partial charge in [0.25, 0.3) is 0 Å². The average Bonchev–Trinajstić information content (AvgIpc) is 2.42. The summed E-state index contributed by atoms with van der Waals surface area (Å²) in [4.78, 5) is 17.7. The van der Waals surface area contributed by atoms with Crippen LogP contribution >= 0.6 is 0 Å². The molecule has 128 valence electrons. The lowest BCUT2D eigenvalue weighted by Gasteiger charge is -2.59. The third kappa shape index (κ3) is 3.91. The van der Waals surface area contributed by atoms with Crippen molar-refractivity contribution in [1.82, 2.24) is 15.5 Å². The van der Waals surface area contributed by atoms with E-state index in [1.54, 1.807) is 26.1 Å². The van der Waals surface area contributed by atoms with Crippen LogP contribution in [0.4, 0.5) is 0 Å². The Morgan fingerprint density at radius 2 is 1.95 bits per heavy atom. The summed E-state index contributed by atoms with van der Waals surface area (Å²) in [6.45, 7) is 10.8. The summed E-state index contributed by atoms with van der Waals surface area (Å²) < 4.78 is 5.65. The lowest BCUT2D eigenvalue weighted by Crippen LogP contribution is -2.69. The van der Waals surface area contributed by atoms with Gasteiger partial charge in [0.2, 0.25) is 5.91 Å². The smallest absolute Gasteiger partial charge is 0.243 e. The highest BCUT2D eigenvalue weighted by Crippen LogP contribution is 2.51. The Hall–Kier alpha value is -1.30. The summed E-state index contributed by atoms with van der Waals surface area (Å²) in [5.74, 6) is 0.667. The molecule has 0 saturated heterocycles. The van der Waals surface area contributed by atoms with Crippen molar-refractivity contribution in [2.24, 2.45) is 10.4 Å². The number of likely N-dealkylation sites (N-methyl/N-ethyl adjacent to an activating group) is 1. The number of methoxy groups -OCH3 is 1. The summed E-state index contributed by atoms with van der Waals surface area (Å²) in [6, 6.07) is 0.509. The summed E-state index contributed by atoms with van der Waals surface area (Å²) in [5, 5.41) is 6.73. The van der Waals surface area contributed by atoms with Gasteiger partial charge in [-0.05, 0) is 27.2 Å². The molecule has 2 N–H and O–H groups in total. The second kappa shape index (κ2) is 6.86. The molecule has 0 bridgehead atoms. The van der Waals surface area contributed by atoms with Gasteiger partial charge in [-0.2, -0.15) is 0 Å². The molecular weight excluding hydrogens is 280 g/mol. The number of aliphatic imine (C=N–C) groups is 1. The topological polar surface area (TPSA) is 66.0 Å². The number of nitrogens with zero attached hydrogens (tertiary/aromatic N) is 2. The van der Waals surface area contributed by atoms with E-state index in [1.165, 1.54) is 0 Å². The monoisotopic (exact) mass is 312 g/mol. The maximum Gasteiger partial charge on any atom is 0.243 e. The molecule has 1 aliphatic carbocycles. The molecule has 0 aliphatic heterocycles. The van der Waals surface area contributed by atoms with E-state index in [1.807, 2.05) is 0 Å². The predicted molar refractivity (Wildman–Crippen MR) is 90.0 cm³/mol. The molecule has 1 fully saturated rings. The van der Waals surface area contributed by atoms with Crippen LogP contribution in [0, 0.1) is 5.41 Å². The minimum atomic E-state index is -0.132. The Balaban J connectivity index is 2.75. The zero-order valence-electron chi connectivity index (χ0n) is 15.3. The number of guanidine groups is 1. The van der Waals surface area contributed by atoms with Crippen molar-refractivity contribution in [3.63, 3.8) is 0 Å². The van der Waals surface area contributed by atoms with E-state index in [-0.39, 0.29) is 35.6 Å². The number of nitrogens with one attached hydrogen (secondary N) is 2. The molecule has 2 atom stereocenters. The minimum absolute atomic E-state index is 0.00721. The highest BCUT2D eigenvalue weighted by atomic mass is 16.5. The molecule has 1 amide bonds. The van der Waals surface area contributed by atoms with Gasteiger partial charge in [-0.3, -0.25) is 4.79 Å². The first-order valence-electron chi connectivity index (χ1n) is 7.86. The number of hydrogen-bond donors (Lipinski definition) is 2. The van der Waals surface area contributed by atoms with Crippen LogP contribution in [0.2, 0.25) is 0 Å². The van der Waals surface area contributed by atoms with Crippen LogP contribution in [0.5, 0.6) is 0 Å². The number of hydrogen-bond acceptors (Lipinski definition) is 3. The van der Waals surface area contributed by atoms with Crippen LogP contribution in [0.3, 0.4) is 0 Å². The summed E-state index contributed by atoms with van der Waals surface area (Å²) in [7, 11) is 5.23. The molecule has 0 radical (unpaired) electrons. The van der Waals surface area contributed by atoms with Crippen LogP contribution in [0.15, 0.2) is 4.99 Å². The second-order valence-corrected chi connectivity index (χ2v) is 7.31. The molecule has 0 aromatic rings. The quantitative estimate of drug-likeness (QED) is 0.592. The van der Waals surface area contributed by atoms with Crippen molar-refractivity contribution in [3.8, 4) is 0 Å². The van der Waals surface area contributed by atoms with Crippen LogP contribution in [-0.4, -0.2) is 62.2 Å². The Morgan fingerprint density at radius 3 is 2.36 bits per heavy atom. The first-order chi connectivity index (χ1) is 10.0. The molecule has 6 heteroatoms. The molecule has 0 spiro atoms. The minimum Gasteiger partial charge on any atom is -0.378 e. The maximum atomic E-state index is 11.7. The highest BCUT2D eigenvalue weighted by molar-refractivity contribution is 5.85. The third-order valence-electron chi connectivity index (χ3n) is 4.89. The van der Waals surface area contributed by atoms with Gasteiger partial charge in [-0.15, -0.1) is 0 Å². The van der Waals surface area contributed by atoms with Crippen molar-refractivity contribution < 1.29 is 9.53 Å². The van der Waals surface area contributed by atoms with Crippen LogP contribution in [-0.2, 0) is 9.53 Å². The largest absolute Gasteiger partial charge is 0.378 e. The SMILES string of the molecule is COC1(C)CC(NC(=NCC(=O)N(C)C)NC(C)C)C1(C)C. The molecule has 0 aromatic heterocycles. The molecule has 1 rings (SSSR count). The number of carbonyl (C=O) groups is 1. The maximum absolute atomic E-state index is 11.7. The Labute approximate surface area is 134 Å². The fraction of sp³-hybridized carbons (Fsp3) is 0.875.